The van der Waals surface area contributed by atoms with E-state index >= 15 is 0 Å². The predicted octanol–water partition coefficient (Wildman–Crippen LogP) is 2.93. The SMILES string of the molecule is CCOc1cccc(CS(=O)c2cccc(F)c2)n1. The second-order valence-corrected chi connectivity index (χ2v) is 5.30. The normalized spacial score (nSPS) is 12.1. The lowest BCUT2D eigenvalue weighted by Crippen LogP contribution is -2.01. The Balaban J connectivity index is 2.12. The lowest BCUT2D eigenvalue weighted by atomic mass is 10.3. The molecular weight excluding hydrogens is 265 g/mol. The molecule has 0 amide bonds. The van der Waals surface area contributed by atoms with Gasteiger partial charge < -0.3 is 4.74 Å². The van der Waals surface area contributed by atoms with Crippen LogP contribution in [-0.4, -0.2) is 15.8 Å². The van der Waals surface area contributed by atoms with Crippen LogP contribution < -0.4 is 4.74 Å². The number of rotatable bonds is 5. The van der Waals surface area contributed by atoms with E-state index in [1.54, 1.807) is 30.3 Å². The molecule has 1 aromatic carbocycles. The summed E-state index contributed by atoms with van der Waals surface area (Å²) in [6, 6.07) is 11.1. The summed E-state index contributed by atoms with van der Waals surface area (Å²) in [6.07, 6.45) is 0. The van der Waals surface area contributed by atoms with Gasteiger partial charge >= 0.3 is 0 Å². The zero-order valence-electron chi connectivity index (χ0n) is 10.5. The first-order valence-electron chi connectivity index (χ1n) is 5.91. The fourth-order valence-corrected chi connectivity index (χ4v) is 2.66. The van der Waals surface area contributed by atoms with Crippen LogP contribution >= 0.6 is 0 Å². The van der Waals surface area contributed by atoms with E-state index in [-0.39, 0.29) is 11.6 Å². The van der Waals surface area contributed by atoms with Crippen molar-refractivity contribution in [2.45, 2.75) is 17.6 Å². The van der Waals surface area contributed by atoms with Gasteiger partial charge in [0.1, 0.15) is 5.82 Å². The molecule has 0 spiro atoms. The molecule has 2 rings (SSSR count). The number of halogens is 1. The molecule has 0 aliphatic heterocycles. The van der Waals surface area contributed by atoms with Gasteiger partial charge in [-0.25, -0.2) is 9.37 Å². The van der Waals surface area contributed by atoms with Crippen molar-refractivity contribution < 1.29 is 13.3 Å². The van der Waals surface area contributed by atoms with E-state index in [2.05, 4.69) is 4.98 Å². The maximum absolute atomic E-state index is 13.1. The minimum absolute atomic E-state index is 0.240. The fraction of sp³-hybridized carbons (Fsp3) is 0.214. The molecule has 0 saturated carbocycles. The Kier molecular flexibility index (Phi) is 4.63. The van der Waals surface area contributed by atoms with E-state index in [1.165, 1.54) is 12.1 Å². The van der Waals surface area contributed by atoms with Gasteiger partial charge in [-0.3, -0.25) is 4.21 Å². The zero-order valence-corrected chi connectivity index (χ0v) is 11.3. The third-order valence-corrected chi connectivity index (χ3v) is 3.75. The zero-order chi connectivity index (χ0) is 13.7. The summed E-state index contributed by atoms with van der Waals surface area (Å²) in [7, 11) is -1.31. The second-order valence-electron chi connectivity index (χ2n) is 3.85. The number of pyridine rings is 1. The average Bonchev–Trinajstić information content (AvgIpc) is 2.39. The van der Waals surface area contributed by atoms with E-state index < -0.39 is 10.8 Å². The Morgan fingerprint density at radius 1 is 1.26 bits per heavy atom. The van der Waals surface area contributed by atoms with Crippen LogP contribution in [0, 0.1) is 5.82 Å². The lowest BCUT2D eigenvalue weighted by molar-refractivity contribution is 0.326. The third-order valence-electron chi connectivity index (χ3n) is 2.41. The topological polar surface area (TPSA) is 39.2 Å². The summed E-state index contributed by atoms with van der Waals surface area (Å²) in [6.45, 7) is 2.41. The third kappa shape index (κ3) is 3.86. The number of benzene rings is 1. The molecule has 1 heterocycles. The molecule has 0 fully saturated rings. The van der Waals surface area contributed by atoms with E-state index in [9.17, 15) is 8.60 Å². The molecule has 0 aliphatic carbocycles. The molecule has 0 N–H and O–H groups in total. The molecule has 19 heavy (non-hydrogen) atoms. The van der Waals surface area contributed by atoms with Crippen molar-refractivity contribution in [2.24, 2.45) is 0 Å². The van der Waals surface area contributed by atoms with Crippen molar-refractivity contribution in [3.63, 3.8) is 0 Å². The van der Waals surface area contributed by atoms with Crippen molar-refractivity contribution in [3.8, 4) is 5.88 Å². The smallest absolute Gasteiger partial charge is 0.213 e. The van der Waals surface area contributed by atoms with E-state index in [0.717, 1.165) is 0 Å². The first-order valence-corrected chi connectivity index (χ1v) is 7.23. The highest BCUT2D eigenvalue weighted by Gasteiger charge is 2.08. The van der Waals surface area contributed by atoms with E-state index in [4.69, 9.17) is 4.74 Å². The lowest BCUT2D eigenvalue weighted by Gasteiger charge is -2.05. The van der Waals surface area contributed by atoms with Crippen LogP contribution in [0.1, 0.15) is 12.6 Å². The highest BCUT2D eigenvalue weighted by molar-refractivity contribution is 7.84. The fourth-order valence-electron chi connectivity index (χ4n) is 1.59. The maximum atomic E-state index is 13.1. The summed E-state index contributed by atoms with van der Waals surface area (Å²) in [4.78, 5) is 4.70. The molecule has 0 bridgehead atoms. The molecule has 0 aliphatic rings. The number of hydrogen-bond donors (Lipinski definition) is 0. The number of aromatic nitrogens is 1. The van der Waals surface area contributed by atoms with Crippen LogP contribution in [0.3, 0.4) is 0 Å². The van der Waals surface area contributed by atoms with Crippen molar-refractivity contribution in [1.29, 1.82) is 0 Å². The van der Waals surface area contributed by atoms with Crippen LogP contribution in [0.25, 0.3) is 0 Å². The molecule has 1 atom stereocenters. The van der Waals surface area contributed by atoms with Crippen molar-refractivity contribution in [1.82, 2.24) is 4.98 Å². The summed E-state index contributed by atoms with van der Waals surface area (Å²) in [5.41, 5.74) is 0.661. The van der Waals surface area contributed by atoms with Gasteiger partial charge in [-0.1, -0.05) is 12.1 Å². The Hall–Kier alpha value is -1.75. The van der Waals surface area contributed by atoms with Crippen LogP contribution in [-0.2, 0) is 16.6 Å². The number of nitrogens with zero attached hydrogens (tertiary/aromatic N) is 1. The minimum atomic E-state index is -1.31. The maximum Gasteiger partial charge on any atom is 0.213 e. The number of ether oxygens (including phenoxy) is 1. The molecule has 2 aromatic rings. The van der Waals surface area contributed by atoms with Gasteiger partial charge in [0.15, 0.2) is 0 Å². The van der Waals surface area contributed by atoms with Gasteiger partial charge in [-0.15, -0.1) is 0 Å². The van der Waals surface area contributed by atoms with Crippen LogP contribution in [0.15, 0.2) is 47.4 Å². The molecule has 0 saturated heterocycles. The molecule has 1 aromatic heterocycles. The van der Waals surface area contributed by atoms with E-state index in [1.807, 2.05) is 6.92 Å². The summed E-state index contributed by atoms with van der Waals surface area (Å²) in [5.74, 6) is 0.364. The summed E-state index contributed by atoms with van der Waals surface area (Å²) in [5, 5.41) is 0. The minimum Gasteiger partial charge on any atom is -0.478 e. The molecule has 0 radical (unpaired) electrons. The Labute approximate surface area is 113 Å². The monoisotopic (exact) mass is 279 g/mol. The second kappa shape index (κ2) is 6.43. The van der Waals surface area contributed by atoms with Gasteiger partial charge in [-0.2, -0.15) is 0 Å². The average molecular weight is 279 g/mol. The van der Waals surface area contributed by atoms with Gasteiger partial charge in [0.2, 0.25) is 5.88 Å². The van der Waals surface area contributed by atoms with Gasteiger partial charge in [0, 0.05) is 11.0 Å². The Morgan fingerprint density at radius 3 is 2.79 bits per heavy atom. The molecule has 3 nitrogen and oxygen atoms in total. The van der Waals surface area contributed by atoms with Crippen molar-refractivity contribution in [2.75, 3.05) is 6.61 Å². The van der Waals surface area contributed by atoms with Gasteiger partial charge in [0.05, 0.1) is 28.9 Å². The highest BCUT2D eigenvalue weighted by atomic mass is 32.2. The van der Waals surface area contributed by atoms with Crippen LogP contribution in [0.5, 0.6) is 5.88 Å². The quantitative estimate of drug-likeness (QED) is 0.844. The largest absolute Gasteiger partial charge is 0.478 e. The van der Waals surface area contributed by atoms with Crippen molar-refractivity contribution in [3.05, 3.63) is 54.0 Å². The summed E-state index contributed by atoms with van der Waals surface area (Å²) < 4.78 is 30.4. The van der Waals surface area contributed by atoms with Crippen LogP contribution in [0.4, 0.5) is 4.39 Å². The highest BCUT2D eigenvalue weighted by Crippen LogP contribution is 2.14. The molecule has 1 unspecified atom stereocenters. The van der Waals surface area contributed by atoms with Crippen LogP contribution in [0.2, 0.25) is 0 Å². The molecule has 5 heteroatoms. The Morgan fingerprint density at radius 2 is 2.05 bits per heavy atom. The molecule has 100 valence electrons. The summed E-state index contributed by atoms with van der Waals surface area (Å²) >= 11 is 0. The predicted molar refractivity (Wildman–Crippen MR) is 71.9 cm³/mol. The first-order chi connectivity index (χ1) is 9.19. The first kappa shape index (κ1) is 13.7. The molecular formula is C14H14FNO2S. The van der Waals surface area contributed by atoms with Crippen molar-refractivity contribution >= 4 is 10.8 Å². The van der Waals surface area contributed by atoms with E-state index in [0.29, 0.717) is 23.1 Å². The van der Waals surface area contributed by atoms with Gasteiger partial charge in [0.25, 0.3) is 0 Å². The van der Waals surface area contributed by atoms with Gasteiger partial charge in [-0.05, 0) is 31.2 Å². The Bertz CT molecular complexity index is 589. The standard InChI is InChI=1S/C14H14FNO2S/c1-2-18-14-8-4-6-12(16-14)10-19(17)13-7-3-5-11(15)9-13/h3-9H,2,10H2,1H3. The number of hydrogen-bond acceptors (Lipinski definition) is 3.